The van der Waals surface area contributed by atoms with E-state index in [4.69, 9.17) is 6.85 Å². The highest BCUT2D eigenvalue weighted by Gasteiger charge is 2.20. The molecule has 0 heterocycles. The Kier molecular flexibility index (Phi) is 5.89. The van der Waals surface area contributed by atoms with Crippen LogP contribution in [0.25, 0.3) is 109 Å². The van der Waals surface area contributed by atoms with Crippen molar-refractivity contribution in [3.05, 3.63) is 206 Å². The van der Waals surface area contributed by atoms with Gasteiger partial charge in [-0.3, -0.25) is 0 Å². The lowest BCUT2D eigenvalue weighted by atomic mass is 9.83. The van der Waals surface area contributed by atoms with Crippen LogP contribution in [0.1, 0.15) is 6.85 Å². The fraction of sp³-hybridized carbons (Fsp3) is 0. The molecule has 0 amide bonds. The number of benzene rings is 11. The first-order valence-corrected chi connectivity index (χ1v) is 18.4. The number of hydrogen-bond acceptors (Lipinski definition) is 0. The van der Waals surface area contributed by atoms with E-state index in [-0.39, 0.29) is 29.7 Å². The molecule has 0 saturated carbocycles. The van der Waals surface area contributed by atoms with Crippen molar-refractivity contribution in [2.45, 2.75) is 0 Å². The normalized spacial score (nSPS) is 13.0. The standard InChI is InChI=1S/C54H34/c1-3-14-35(15-4-1)39-28-31-50-52(34-39)53(36-16-5-2-6-17-36)48-20-9-10-21-49(48)54(50)47-27-13-24-42-41(22-11-25-44(42)47)43-23-12-26-45-46(43)30-29-40-32-37-18-7-8-19-38(37)33-51(40)45/h1-34H/i2D,5D,6D,16D,17D. The molecule has 0 saturated heterocycles. The minimum atomic E-state index is -0.404. The van der Waals surface area contributed by atoms with E-state index in [9.17, 15) is 0 Å². The van der Waals surface area contributed by atoms with E-state index in [1.54, 1.807) is 0 Å². The molecule has 0 nitrogen and oxygen atoms in total. The van der Waals surface area contributed by atoms with Crippen LogP contribution in [0, 0.1) is 0 Å². The molecular formula is C54H34. The highest BCUT2D eigenvalue weighted by atomic mass is 14.2. The van der Waals surface area contributed by atoms with E-state index >= 15 is 0 Å². The third-order valence-corrected chi connectivity index (χ3v) is 11.1. The van der Waals surface area contributed by atoms with E-state index in [2.05, 4.69) is 140 Å². The van der Waals surface area contributed by atoms with Gasteiger partial charge in [0.05, 0.1) is 6.85 Å². The quantitative estimate of drug-likeness (QED) is 0.128. The van der Waals surface area contributed by atoms with Crippen LogP contribution in [0.15, 0.2) is 206 Å². The number of fused-ring (bicyclic) bond motifs is 7. The lowest BCUT2D eigenvalue weighted by molar-refractivity contribution is 1.63. The first kappa shape index (κ1) is 25.9. The Morgan fingerprint density at radius 3 is 1.57 bits per heavy atom. The van der Waals surface area contributed by atoms with Gasteiger partial charge in [0.25, 0.3) is 0 Å². The van der Waals surface area contributed by atoms with Crippen molar-refractivity contribution in [1.29, 1.82) is 0 Å². The van der Waals surface area contributed by atoms with Crippen LogP contribution in [0.4, 0.5) is 0 Å². The van der Waals surface area contributed by atoms with Crippen LogP contribution in [0.2, 0.25) is 0 Å². The van der Waals surface area contributed by atoms with Crippen molar-refractivity contribution in [3.63, 3.8) is 0 Å². The molecule has 0 aliphatic carbocycles. The number of rotatable bonds is 4. The van der Waals surface area contributed by atoms with E-state index in [0.29, 0.717) is 5.56 Å². The summed E-state index contributed by atoms with van der Waals surface area (Å²) in [6.45, 7) is 0. The summed E-state index contributed by atoms with van der Waals surface area (Å²) in [7, 11) is 0. The third-order valence-electron chi connectivity index (χ3n) is 11.1. The van der Waals surface area contributed by atoms with Gasteiger partial charge in [-0.1, -0.05) is 188 Å². The second-order valence-electron chi connectivity index (χ2n) is 14.0. The summed E-state index contributed by atoms with van der Waals surface area (Å²) in [4.78, 5) is 0. The SMILES string of the molecule is [2H]c1c([2H])c([2H])c(-c2c3ccccc3c(-c3cccc4c(-c5cccc6c5ccc5cc7ccccc7cc56)cccc34)c3ccc(-c4ccccc4)cc23)c([2H])c1[2H]. The van der Waals surface area contributed by atoms with Gasteiger partial charge in [0.2, 0.25) is 0 Å². The topological polar surface area (TPSA) is 0 Å². The predicted molar refractivity (Wildman–Crippen MR) is 233 cm³/mol. The minimum Gasteiger partial charge on any atom is -0.0622 e. The molecule has 0 fully saturated rings. The molecule has 0 bridgehead atoms. The monoisotopic (exact) mass is 687 g/mol. The van der Waals surface area contributed by atoms with E-state index < -0.39 is 6.04 Å². The minimum absolute atomic E-state index is 0.200. The largest absolute Gasteiger partial charge is 0.0629 e. The summed E-state index contributed by atoms with van der Waals surface area (Å²) in [6, 6.07) is 60.4. The van der Waals surface area contributed by atoms with Crippen molar-refractivity contribution >= 4 is 64.6 Å². The smallest absolute Gasteiger partial charge is 0.0622 e. The van der Waals surface area contributed by atoms with E-state index in [1.165, 1.54) is 37.9 Å². The van der Waals surface area contributed by atoms with Crippen molar-refractivity contribution in [2.75, 3.05) is 0 Å². The lowest BCUT2D eigenvalue weighted by Crippen LogP contribution is -1.93. The predicted octanol–water partition coefficient (Wildman–Crippen LogP) is 15.3. The van der Waals surface area contributed by atoms with Gasteiger partial charge in [-0.15, -0.1) is 0 Å². The lowest BCUT2D eigenvalue weighted by Gasteiger charge is -2.20. The first-order chi connectivity index (χ1) is 28.9. The molecular weight excluding hydrogens is 649 g/mol. The summed E-state index contributed by atoms with van der Waals surface area (Å²) in [5.74, 6) is 0. The summed E-state index contributed by atoms with van der Waals surface area (Å²) in [5, 5.41) is 13.1. The molecule has 11 rings (SSSR count). The summed E-state index contributed by atoms with van der Waals surface area (Å²) in [5.41, 5.74) is 7.24. The van der Waals surface area contributed by atoms with Gasteiger partial charge < -0.3 is 0 Å². The zero-order valence-electron chi connectivity index (χ0n) is 34.2. The molecule has 54 heavy (non-hydrogen) atoms. The van der Waals surface area contributed by atoms with Crippen molar-refractivity contribution in [3.8, 4) is 44.5 Å². The van der Waals surface area contributed by atoms with E-state index in [0.717, 1.165) is 60.1 Å². The first-order valence-electron chi connectivity index (χ1n) is 20.9. The van der Waals surface area contributed by atoms with E-state index in [1.807, 2.05) is 36.4 Å². The fourth-order valence-electron chi connectivity index (χ4n) is 8.70. The summed E-state index contributed by atoms with van der Waals surface area (Å²) >= 11 is 0. The molecule has 0 aliphatic heterocycles. The van der Waals surface area contributed by atoms with Gasteiger partial charge in [0.1, 0.15) is 0 Å². The Morgan fingerprint density at radius 1 is 0.259 bits per heavy atom. The van der Waals surface area contributed by atoms with Crippen molar-refractivity contribution in [2.24, 2.45) is 0 Å². The second-order valence-corrected chi connectivity index (χ2v) is 14.0. The fourth-order valence-corrected chi connectivity index (χ4v) is 8.70. The maximum absolute atomic E-state index is 9.14. The molecule has 0 unspecified atom stereocenters. The van der Waals surface area contributed by atoms with Crippen LogP contribution >= 0.6 is 0 Å². The molecule has 11 aromatic rings. The van der Waals surface area contributed by atoms with Gasteiger partial charge in [0, 0.05) is 0 Å². The third kappa shape index (κ3) is 4.78. The highest BCUT2D eigenvalue weighted by Crippen LogP contribution is 2.47. The average Bonchev–Trinajstić information content (AvgIpc) is 3.29. The summed E-state index contributed by atoms with van der Waals surface area (Å²) in [6.07, 6.45) is 0. The molecule has 0 heteroatoms. The molecule has 250 valence electrons. The van der Waals surface area contributed by atoms with Crippen molar-refractivity contribution < 1.29 is 6.85 Å². The average molecular weight is 688 g/mol. The zero-order chi connectivity index (χ0) is 39.9. The van der Waals surface area contributed by atoms with Crippen LogP contribution in [-0.4, -0.2) is 0 Å². The molecule has 0 radical (unpaired) electrons. The molecule has 11 aromatic carbocycles. The van der Waals surface area contributed by atoms with Crippen LogP contribution in [-0.2, 0) is 0 Å². The zero-order valence-corrected chi connectivity index (χ0v) is 29.2. The molecule has 0 N–H and O–H groups in total. The Labute approximate surface area is 321 Å². The Bertz CT molecular complexity index is 3520. The maximum Gasteiger partial charge on any atom is 0.0629 e. The molecule has 0 atom stereocenters. The Balaban J connectivity index is 1.21. The van der Waals surface area contributed by atoms with Crippen LogP contribution < -0.4 is 0 Å². The van der Waals surface area contributed by atoms with Gasteiger partial charge in [-0.25, -0.2) is 0 Å². The van der Waals surface area contributed by atoms with Gasteiger partial charge in [-0.2, -0.15) is 0 Å². The van der Waals surface area contributed by atoms with Gasteiger partial charge in [0.15, 0.2) is 0 Å². The molecule has 0 aromatic heterocycles. The highest BCUT2D eigenvalue weighted by molar-refractivity contribution is 6.25. The number of hydrogen-bond donors (Lipinski definition) is 0. The van der Waals surface area contributed by atoms with Gasteiger partial charge >= 0.3 is 0 Å². The Hall–Kier alpha value is -7.02. The summed E-state index contributed by atoms with van der Waals surface area (Å²) < 4.78 is 44.0. The van der Waals surface area contributed by atoms with Crippen LogP contribution in [0.5, 0.6) is 0 Å². The van der Waals surface area contributed by atoms with Crippen molar-refractivity contribution in [1.82, 2.24) is 0 Å². The van der Waals surface area contributed by atoms with Gasteiger partial charge in [-0.05, 0) is 127 Å². The molecule has 0 aliphatic rings. The van der Waals surface area contributed by atoms with Crippen LogP contribution in [0.3, 0.4) is 0 Å². The molecule has 0 spiro atoms. The maximum atomic E-state index is 9.14. The second kappa shape index (κ2) is 12.3. The Morgan fingerprint density at radius 2 is 0.815 bits per heavy atom.